The maximum absolute atomic E-state index is 11.9. The van der Waals surface area contributed by atoms with Crippen LogP contribution in [0.15, 0.2) is 12.3 Å². The molecular formula is C10H14N2O. The predicted octanol–water partition coefficient (Wildman–Crippen LogP) is 1.79. The van der Waals surface area contributed by atoms with Gasteiger partial charge in [-0.15, -0.1) is 0 Å². The van der Waals surface area contributed by atoms with E-state index in [1.54, 1.807) is 16.9 Å². The molecule has 1 fully saturated rings. The highest BCUT2D eigenvalue weighted by atomic mass is 16.1. The predicted molar refractivity (Wildman–Crippen MR) is 49.5 cm³/mol. The fourth-order valence-corrected chi connectivity index (χ4v) is 2.01. The van der Waals surface area contributed by atoms with E-state index in [1.165, 1.54) is 12.8 Å². The molecule has 0 unspecified atom stereocenters. The van der Waals surface area contributed by atoms with Gasteiger partial charge in [0.1, 0.15) is 5.69 Å². The van der Waals surface area contributed by atoms with Gasteiger partial charge in [0.25, 0.3) is 0 Å². The summed E-state index contributed by atoms with van der Waals surface area (Å²) in [5.41, 5.74) is 0.756. The van der Waals surface area contributed by atoms with Crippen LogP contribution in [0.4, 0.5) is 0 Å². The van der Waals surface area contributed by atoms with Crippen molar-refractivity contribution in [1.29, 1.82) is 0 Å². The average molecular weight is 178 g/mol. The molecule has 2 rings (SSSR count). The molecular weight excluding hydrogens is 164 g/mol. The Labute approximate surface area is 77.7 Å². The minimum Gasteiger partial charge on any atom is -0.292 e. The van der Waals surface area contributed by atoms with Gasteiger partial charge in [-0.1, -0.05) is 12.8 Å². The summed E-state index contributed by atoms with van der Waals surface area (Å²) in [6.45, 7) is 0. The first-order chi connectivity index (χ1) is 6.29. The Kier molecular flexibility index (Phi) is 2.17. The van der Waals surface area contributed by atoms with Crippen LogP contribution in [-0.2, 0) is 7.05 Å². The van der Waals surface area contributed by atoms with E-state index < -0.39 is 0 Å². The SMILES string of the molecule is Cn1nccc1C(=O)C1CCCC1. The van der Waals surface area contributed by atoms with Crippen LogP contribution >= 0.6 is 0 Å². The van der Waals surface area contributed by atoms with E-state index in [1.807, 2.05) is 7.05 Å². The molecule has 1 aliphatic rings. The Morgan fingerprint density at radius 3 is 2.77 bits per heavy atom. The number of hydrogen-bond donors (Lipinski definition) is 0. The highest BCUT2D eigenvalue weighted by Gasteiger charge is 2.25. The van der Waals surface area contributed by atoms with Crippen LogP contribution in [0, 0.1) is 5.92 Å². The van der Waals surface area contributed by atoms with E-state index in [2.05, 4.69) is 5.10 Å². The Hall–Kier alpha value is -1.12. The molecule has 1 aromatic rings. The zero-order valence-corrected chi connectivity index (χ0v) is 7.86. The fourth-order valence-electron chi connectivity index (χ4n) is 2.01. The highest BCUT2D eigenvalue weighted by Crippen LogP contribution is 2.27. The molecule has 0 spiro atoms. The van der Waals surface area contributed by atoms with Crippen LogP contribution in [0.3, 0.4) is 0 Å². The number of aryl methyl sites for hydroxylation is 1. The number of nitrogens with zero attached hydrogens (tertiary/aromatic N) is 2. The Morgan fingerprint density at radius 2 is 2.23 bits per heavy atom. The number of Topliss-reactive ketones (excluding diaryl/α,β-unsaturated/α-hetero) is 1. The van der Waals surface area contributed by atoms with Crippen LogP contribution in [-0.4, -0.2) is 15.6 Å². The maximum Gasteiger partial charge on any atom is 0.183 e. The van der Waals surface area contributed by atoms with Crippen molar-refractivity contribution < 1.29 is 4.79 Å². The van der Waals surface area contributed by atoms with Gasteiger partial charge in [-0.2, -0.15) is 5.10 Å². The third-order valence-corrected chi connectivity index (χ3v) is 2.80. The van der Waals surface area contributed by atoms with Crippen molar-refractivity contribution in [2.75, 3.05) is 0 Å². The van der Waals surface area contributed by atoms with Crippen LogP contribution in [0.5, 0.6) is 0 Å². The second kappa shape index (κ2) is 3.32. The molecule has 0 radical (unpaired) electrons. The summed E-state index contributed by atoms with van der Waals surface area (Å²) in [7, 11) is 1.82. The summed E-state index contributed by atoms with van der Waals surface area (Å²) in [4.78, 5) is 11.9. The molecule has 3 heteroatoms. The Balaban J connectivity index is 2.17. The van der Waals surface area contributed by atoms with Crippen molar-refractivity contribution in [3.63, 3.8) is 0 Å². The maximum atomic E-state index is 11.9. The second-order valence-electron chi connectivity index (χ2n) is 3.69. The smallest absolute Gasteiger partial charge is 0.183 e. The quantitative estimate of drug-likeness (QED) is 0.647. The number of ketones is 1. The van der Waals surface area contributed by atoms with E-state index in [0.29, 0.717) is 0 Å². The summed E-state index contributed by atoms with van der Waals surface area (Å²) in [5, 5.41) is 4.00. The first-order valence-electron chi connectivity index (χ1n) is 4.81. The fraction of sp³-hybridized carbons (Fsp3) is 0.600. The zero-order chi connectivity index (χ0) is 9.26. The van der Waals surface area contributed by atoms with Gasteiger partial charge in [0, 0.05) is 19.2 Å². The van der Waals surface area contributed by atoms with E-state index in [0.717, 1.165) is 18.5 Å². The minimum absolute atomic E-state index is 0.260. The van der Waals surface area contributed by atoms with Crippen LogP contribution in [0.1, 0.15) is 36.2 Å². The molecule has 1 heterocycles. The van der Waals surface area contributed by atoms with Crippen molar-refractivity contribution >= 4 is 5.78 Å². The molecule has 70 valence electrons. The number of hydrogen-bond acceptors (Lipinski definition) is 2. The summed E-state index contributed by atoms with van der Waals surface area (Å²) in [6.07, 6.45) is 6.21. The van der Waals surface area contributed by atoms with Crippen molar-refractivity contribution in [3.8, 4) is 0 Å². The van der Waals surface area contributed by atoms with Gasteiger partial charge in [-0.25, -0.2) is 0 Å². The summed E-state index contributed by atoms with van der Waals surface area (Å²) in [6, 6.07) is 1.81. The van der Waals surface area contributed by atoms with Gasteiger partial charge in [0.05, 0.1) is 0 Å². The molecule has 3 nitrogen and oxygen atoms in total. The van der Waals surface area contributed by atoms with Crippen molar-refractivity contribution in [2.45, 2.75) is 25.7 Å². The Morgan fingerprint density at radius 1 is 1.54 bits per heavy atom. The monoisotopic (exact) mass is 178 g/mol. The standard InChI is InChI=1S/C10H14N2O/c1-12-9(6-7-11-12)10(13)8-4-2-3-5-8/h6-8H,2-5H2,1H3. The summed E-state index contributed by atoms with van der Waals surface area (Å²) >= 11 is 0. The van der Waals surface area contributed by atoms with Crippen molar-refractivity contribution in [2.24, 2.45) is 13.0 Å². The topological polar surface area (TPSA) is 34.9 Å². The lowest BCUT2D eigenvalue weighted by atomic mass is 10.0. The number of carbonyl (C=O) groups excluding carboxylic acids is 1. The number of carbonyl (C=O) groups is 1. The van der Waals surface area contributed by atoms with Crippen molar-refractivity contribution in [3.05, 3.63) is 18.0 Å². The normalized spacial score (nSPS) is 17.9. The van der Waals surface area contributed by atoms with Gasteiger partial charge in [0.15, 0.2) is 5.78 Å². The molecule has 1 aromatic heterocycles. The van der Waals surface area contributed by atoms with Crippen molar-refractivity contribution in [1.82, 2.24) is 9.78 Å². The minimum atomic E-state index is 0.260. The average Bonchev–Trinajstić information content (AvgIpc) is 2.72. The number of rotatable bonds is 2. The van der Waals surface area contributed by atoms with Gasteiger partial charge in [0.2, 0.25) is 0 Å². The molecule has 0 N–H and O–H groups in total. The molecule has 0 amide bonds. The van der Waals surface area contributed by atoms with E-state index in [9.17, 15) is 4.79 Å². The highest BCUT2D eigenvalue weighted by molar-refractivity contribution is 5.96. The van der Waals surface area contributed by atoms with Gasteiger partial charge < -0.3 is 0 Å². The van der Waals surface area contributed by atoms with Crippen LogP contribution in [0.25, 0.3) is 0 Å². The first kappa shape index (κ1) is 8.48. The molecule has 1 aliphatic carbocycles. The van der Waals surface area contributed by atoms with Gasteiger partial charge >= 0.3 is 0 Å². The lowest BCUT2D eigenvalue weighted by Crippen LogP contribution is -2.15. The first-order valence-corrected chi connectivity index (χ1v) is 4.81. The van der Waals surface area contributed by atoms with Gasteiger partial charge in [-0.3, -0.25) is 9.48 Å². The molecule has 13 heavy (non-hydrogen) atoms. The molecule has 0 saturated heterocycles. The molecule has 0 bridgehead atoms. The van der Waals surface area contributed by atoms with Crippen LogP contribution in [0.2, 0.25) is 0 Å². The lowest BCUT2D eigenvalue weighted by Gasteiger charge is -2.06. The number of aromatic nitrogens is 2. The lowest BCUT2D eigenvalue weighted by molar-refractivity contribution is 0.0913. The molecule has 1 saturated carbocycles. The summed E-state index contributed by atoms with van der Waals surface area (Å²) < 4.78 is 1.67. The third kappa shape index (κ3) is 1.50. The van der Waals surface area contributed by atoms with Crippen LogP contribution < -0.4 is 0 Å². The van der Waals surface area contributed by atoms with Gasteiger partial charge in [-0.05, 0) is 18.9 Å². The van der Waals surface area contributed by atoms with E-state index >= 15 is 0 Å². The van der Waals surface area contributed by atoms with E-state index in [-0.39, 0.29) is 11.7 Å². The largest absolute Gasteiger partial charge is 0.292 e. The second-order valence-corrected chi connectivity index (χ2v) is 3.69. The molecule has 0 aliphatic heterocycles. The molecule has 0 atom stereocenters. The molecule has 0 aromatic carbocycles. The summed E-state index contributed by atoms with van der Waals surface area (Å²) in [5.74, 6) is 0.535. The third-order valence-electron chi connectivity index (χ3n) is 2.80. The zero-order valence-electron chi connectivity index (χ0n) is 7.86. The van der Waals surface area contributed by atoms with E-state index in [4.69, 9.17) is 0 Å². The Bertz CT molecular complexity index is 310.